The summed E-state index contributed by atoms with van der Waals surface area (Å²) in [7, 11) is 0.583. The van der Waals surface area contributed by atoms with Crippen LogP contribution in [0.15, 0.2) is 41.3 Å². The van der Waals surface area contributed by atoms with Gasteiger partial charge in [-0.3, -0.25) is 9.69 Å². The molecule has 0 aliphatic carbocycles. The molecule has 0 saturated heterocycles. The average molecular weight is 531 g/mol. The number of halogens is 2. The highest BCUT2D eigenvalue weighted by atomic mass is 35.5. The van der Waals surface area contributed by atoms with Crippen LogP contribution >= 0.6 is 35.3 Å². The van der Waals surface area contributed by atoms with Crippen LogP contribution in [-0.2, 0) is 9.84 Å². The molecular weight excluding hydrogens is 501 g/mol. The molecule has 1 aromatic heterocycles. The van der Waals surface area contributed by atoms with Crippen molar-refractivity contribution in [3.05, 3.63) is 52.5 Å². The summed E-state index contributed by atoms with van der Waals surface area (Å²) < 4.78 is 25.8. The maximum absolute atomic E-state index is 13.4. The molecule has 3 aromatic rings. The van der Waals surface area contributed by atoms with Crippen LogP contribution in [0.2, 0.25) is 5.02 Å². The van der Waals surface area contributed by atoms with Crippen LogP contribution in [0.4, 0.5) is 5.13 Å². The van der Waals surface area contributed by atoms with Gasteiger partial charge in [0.25, 0.3) is 5.91 Å². The van der Waals surface area contributed by atoms with Gasteiger partial charge in [-0.25, -0.2) is 13.4 Å². The van der Waals surface area contributed by atoms with E-state index in [1.165, 1.54) is 23.5 Å². The molecule has 0 fully saturated rings. The molecule has 1 heterocycles. The second kappa shape index (κ2) is 11.1. The van der Waals surface area contributed by atoms with Gasteiger partial charge in [0.15, 0.2) is 15.0 Å². The fourth-order valence-electron chi connectivity index (χ4n) is 3.30. The van der Waals surface area contributed by atoms with Crippen molar-refractivity contribution < 1.29 is 13.2 Å². The first kappa shape index (κ1) is 27.5. The van der Waals surface area contributed by atoms with Crippen LogP contribution in [0.5, 0.6) is 0 Å². The van der Waals surface area contributed by atoms with Crippen molar-refractivity contribution in [2.45, 2.75) is 37.3 Å². The molecule has 0 spiro atoms. The number of anilines is 1. The van der Waals surface area contributed by atoms with Gasteiger partial charge in [-0.2, -0.15) is 0 Å². The smallest absolute Gasteiger partial charge is 0.260 e. The number of fused-ring (bicyclic) bond motifs is 1. The monoisotopic (exact) mass is 529 g/mol. The van der Waals surface area contributed by atoms with E-state index in [1.807, 2.05) is 33.2 Å². The molecule has 10 heteroatoms. The summed E-state index contributed by atoms with van der Waals surface area (Å²) in [6, 6.07) is 9.88. The lowest BCUT2D eigenvalue weighted by Gasteiger charge is -2.21. The minimum atomic E-state index is -3.39. The Labute approximate surface area is 210 Å². The number of aryl methyl sites for hydroxylation is 1. The molecule has 0 unspecified atom stereocenters. The highest BCUT2D eigenvalue weighted by Gasteiger charge is 2.24. The van der Waals surface area contributed by atoms with Crippen molar-refractivity contribution in [3.8, 4) is 0 Å². The lowest BCUT2D eigenvalue weighted by atomic mass is 10.2. The molecule has 33 heavy (non-hydrogen) atoms. The summed E-state index contributed by atoms with van der Waals surface area (Å²) >= 11 is 7.63. The number of aromatic nitrogens is 1. The predicted molar refractivity (Wildman–Crippen MR) is 140 cm³/mol. The maximum Gasteiger partial charge on any atom is 0.260 e. The first-order valence-corrected chi connectivity index (χ1v) is 13.1. The number of thiazole rings is 1. The molecule has 0 aliphatic heterocycles. The number of amides is 1. The Morgan fingerprint density at radius 3 is 2.33 bits per heavy atom. The lowest BCUT2D eigenvalue weighted by Crippen LogP contribution is -2.33. The van der Waals surface area contributed by atoms with Gasteiger partial charge in [0.05, 0.1) is 20.4 Å². The number of benzene rings is 2. The van der Waals surface area contributed by atoms with Crippen LogP contribution in [0, 0.1) is 6.92 Å². The number of hydrogen-bond donors (Lipinski definition) is 0. The molecule has 6 nitrogen and oxygen atoms in total. The van der Waals surface area contributed by atoms with Crippen molar-refractivity contribution in [2.24, 2.45) is 0 Å². The van der Waals surface area contributed by atoms with Gasteiger partial charge in [-0.15, -0.1) is 12.4 Å². The Morgan fingerprint density at radius 1 is 1.12 bits per heavy atom. The summed E-state index contributed by atoms with van der Waals surface area (Å²) in [5.74, 6) is -0.208. The van der Waals surface area contributed by atoms with E-state index in [1.54, 1.807) is 30.9 Å². The second-order valence-corrected chi connectivity index (χ2v) is 12.2. The largest absolute Gasteiger partial charge is 0.309 e. The van der Waals surface area contributed by atoms with E-state index in [2.05, 4.69) is 4.90 Å². The topological polar surface area (TPSA) is 70.6 Å². The van der Waals surface area contributed by atoms with Gasteiger partial charge in [0, 0.05) is 17.1 Å². The zero-order valence-corrected chi connectivity index (χ0v) is 22.5. The van der Waals surface area contributed by atoms with E-state index in [-0.39, 0.29) is 23.2 Å². The molecule has 0 saturated carbocycles. The lowest BCUT2D eigenvalue weighted by molar-refractivity contribution is 0.0986. The van der Waals surface area contributed by atoms with Crippen molar-refractivity contribution in [3.63, 3.8) is 0 Å². The van der Waals surface area contributed by atoms with Gasteiger partial charge < -0.3 is 4.90 Å². The third kappa shape index (κ3) is 6.25. The maximum atomic E-state index is 13.4. The SMILES string of the molecule is Cc1cc(Cl)cc2sc(N(CCCN(C)C)C(=O)c3ccc(S(=O)(=O)C(C)C)cc3)nc12.Cl. The summed E-state index contributed by atoms with van der Waals surface area (Å²) in [5, 5.41) is 0.718. The normalized spacial score (nSPS) is 11.8. The Morgan fingerprint density at radius 2 is 1.76 bits per heavy atom. The summed E-state index contributed by atoms with van der Waals surface area (Å²) in [4.78, 5) is 22.1. The number of carbonyl (C=O) groups excluding carboxylic acids is 1. The van der Waals surface area contributed by atoms with Crippen molar-refractivity contribution in [2.75, 3.05) is 32.1 Å². The molecule has 0 radical (unpaired) electrons. The molecule has 180 valence electrons. The van der Waals surface area contributed by atoms with Crippen LogP contribution in [0.1, 0.15) is 36.2 Å². The van der Waals surface area contributed by atoms with Gasteiger partial charge in [-0.05, 0) is 89.8 Å². The fourth-order valence-corrected chi connectivity index (χ4v) is 5.81. The number of rotatable bonds is 8. The second-order valence-electron chi connectivity index (χ2n) is 8.30. The molecule has 1 amide bonds. The molecule has 3 rings (SSSR count). The minimum Gasteiger partial charge on any atom is -0.309 e. The van der Waals surface area contributed by atoms with E-state index in [9.17, 15) is 13.2 Å². The number of carbonyl (C=O) groups is 1. The van der Waals surface area contributed by atoms with Crippen molar-refractivity contribution >= 4 is 66.4 Å². The highest BCUT2D eigenvalue weighted by molar-refractivity contribution is 7.92. The zero-order valence-electron chi connectivity index (χ0n) is 19.3. The zero-order chi connectivity index (χ0) is 23.6. The number of hydrogen-bond acceptors (Lipinski definition) is 6. The van der Waals surface area contributed by atoms with E-state index in [0.717, 1.165) is 28.7 Å². The van der Waals surface area contributed by atoms with E-state index in [4.69, 9.17) is 16.6 Å². The molecular formula is C23H29Cl2N3O3S2. The van der Waals surface area contributed by atoms with Gasteiger partial charge in [0.2, 0.25) is 0 Å². The van der Waals surface area contributed by atoms with Crippen LogP contribution in [0.25, 0.3) is 10.2 Å². The Bertz CT molecular complexity index is 1220. The number of sulfone groups is 1. The van der Waals surface area contributed by atoms with Crippen LogP contribution < -0.4 is 4.90 Å². The van der Waals surface area contributed by atoms with Gasteiger partial charge in [0.1, 0.15) is 0 Å². The minimum absolute atomic E-state index is 0. The summed E-state index contributed by atoms with van der Waals surface area (Å²) in [5.41, 5.74) is 2.21. The van der Waals surface area contributed by atoms with Gasteiger partial charge in [-0.1, -0.05) is 22.9 Å². The average Bonchev–Trinajstić information content (AvgIpc) is 3.14. The fraction of sp³-hybridized carbons (Fsp3) is 0.391. The predicted octanol–water partition coefficient (Wildman–Crippen LogP) is 5.46. The quantitative estimate of drug-likeness (QED) is 0.387. The van der Waals surface area contributed by atoms with E-state index >= 15 is 0 Å². The van der Waals surface area contributed by atoms with Gasteiger partial charge >= 0.3 is 0 Å². The molecule has 0 N–H and O–H groups in total. The molecule has 2 aromatic carbocycles. The Balaban J connectivity index is 0.00000385. The van der Waals surface area contributed by atoms with E-state index < -0.39 is 15.1 Å². The first-order chi connectivity index (χ1) is 15.0. The van der Waals surface area contributed by atoms with Crippen molar-refractivity contribution in [1.29, 1.82) is 0 Å². The standard InChI is InChI=1S/C23H28ClN3O3S2.ClH/c1-15(2)32(29,30)19-9-7-17(8-10-19)22(28)27(12-6-11-26(4)5)23-25-21-16(3)13-18(24)14-20(21)31-23;/h7-10,13-15H,6,11-12H2,1-5H3;1H. The van der Waals surface area contributed by atoms with Crippen molar-refractivity contribution in [1.82, 2.24) is 9.88 Å². The third-order valence-corrected chi connectivity index (χ3v) is 8.57. The third-order valence-electron chi connectivity index (χ3n) is 5.15. The Hall–Kier alpha value is -1.71. The highest BCUT2D eigenvalue weighted by Crippen LogP contribution is 2.34. The molecule has 0 bridgehead atoms. The first-order valence-electron chi connectivity index (χ1n) is 10.4. The van der Waals surface area contributed by atoms with Crippen LogP contribution in [0.3, 0.4) is 0 Å². The van der Waals surface area contributed by atoms with E-state index in [0.29, 0.717) is 22.3 Å². The Kier molecular flexibility index (Phi) is 9.30. The number of nitrogens with zero attached hydrogens (tertiary/aromatic N) is 3. The van der Waals surface area contributed by atoms with Crippen LogP contribution in [-0.4, -0.2) is 56.6 Å². The molecule has 0 aliphatic rings. The summed E-state index contributed by atoms with van der Waals surface area (Å²) in [6.45, 7) is 6.55. The summed E-state index contributed by atoms with van der Waals surface area (Å²) in [6.07, 6.45) is 0.772. The molecule has 0 atom stereocenters.